The molecule has 0 radical (unpaired) electrons. The molecule has 0 spiro atoms. The molecular weight excluding hydrogens is 300 g/mol. The highest BCUT2D eigenvalue weighted by atomic mass is 16.5. The van der Waals surface area contributed by atoms with Gasteiger partial charge in [-0.25, -0.2) is 0 Å². The molecule has 2 saturated carbocycles. The van der Waals surface area contributed by atoms with Gasteiger partial charge in [-0.2, -0.15) is 0 Å². The van der Waals surface area contributed by atoms with Gasteiger partial charge in [-0.05, 0) is 86.0 Å². The molecule has 130 valence electrons. The summed E-state index contributed by atoms with van der Waals surface area (Å²) in [5.41, 5.74) is 3.00. The standard InChI is InChI=1S/C21H28O3/c1-3-21-11-10-17-16-7-5-15(23)12-14(16)4-6-18(17)19(21)8-9-20(21)24-13(2)22/h5,7,12,17-20,23H,3-4,6,8-11H2,1-2H3/t17-,18-,19+,20+,21+/m1/s1. The second kappa shape index (κ2) is 5.79. The number of fused-ring (bicyclic) bond motifs is 5. The Morgan fingerprint density at radius 1 is 1.29 bits per heavy atom. The van der Waals surface area contributed by atoms with E-state index in [1.807, 2.05) is 12.1 Å². The summed E-state index contributed by atoms with van der Waals surface area (Å²) >= 11 is 0. The topological polar surface area (TPSA) is 46.5 Å². The summed E-state index contributed by atoms with van der Waals surface area (Å²) in [5.74, 6) is 2.26. The van der Waals surface area contributed by atoms with E-state index >= 15 is 0 Å². The van der Waals surface area contributed by atoms with Gasteiger partial charge in [0.25, 0.3) is 0 Å². The number of carbonyl (C=O) groups is 1. The zero-order valence-corrected chi connectivity index (χ0v) is 14.8. The Morgan fingerprint density at radius 3 is 2.88 bits per heavy atom. The van der Waals surface area contributed by atoms with E-state index < -0.39 is 0 Å². The number of rotatable bonds is 2. The van der Waals surface area contributed by atoms with Crippen LogP contribution in [0.3, 0.4) is 0 Å². The predicted molar refractivity (Wildman–Crippen MR) is 92.9 cm³/mol. The fourth-order valence-corrected chi connectivity index (χ4v) is 6.37. The van der Waals surface area contributed by atoms with E-state index in [9.17, 15) is 9.90 Å². The van der Waals surface area contributed by atoms with Crippen molar-refractivity contribution >= 4 is 5.97 Å². The lowest BCUT2D eigenvalue weighted by molar-refractivity contribution is -0.156. The number of phenolic OH excluding ortho intramolecular Hbond substituents is 1. The molecule has 3 nitrogen and oxygen atoms in total. The van der Waals surface area contributed by atoms with Gasteiger partial charge in [-0.1, -0.05) is 13.0 Å². The van der Waals surface area contributed by atoms with E-state index in [1.54, 1.807) is 6.92 Å². The molecule has 1 N–H and O–H groups in total. The van der Waals surface area contributed by atoms with Crippen molar-refractivity contribution in [3.63, 3.8) is 0 Å². The predicted octanol–water partition coefficient (Wildman–Crippen LogP) is 4.57. The molecule has 4 rings (SSSR count). The number of phenols is 1. The highest BCUT2D eigenvalue weighted by Gasteiger charge is 2.57. The van der Waals surface area contributed by atoms with E-state index in [0.717, 1.165) is 25.7 Å². The van der Waals surface area contributed by atoms with E-state index in [4.69, 9.17) is 4.74 Å². The summed E-state index contributed by atoms with van der Waals surface area (Å²) in [6.07, 6.45) is 8.08. The molecule has 0 bridgehead atoms. The third kappa shape index (κ3) is 2.28. The second-order valence-corrected chi connectivity index (χ2v) is 8.10. The minimum Gasteiger partial charge on any atom is -0.508 e. The number of hydrogen-bond donors (Lipinski definition) is 1. The molecule has 0 heterocycles. The van der Waals surface area contributed by atoms with Crippen LogP contribution >= 0.6 is 0 Å². The van der Waals surface area contributed by atoms with Gasteiger partial charge in [0.15, 0.2) is 0 Å². The minimum atomic E-state index is -0.125. The first kappa shape index (κ1) is 16.0. The Kier molecular flexibility index (Phi) is 3.85. The third-order valence-corrected chi connectivity index (χ3v) is 7.31. The van der Waals surface area contributed by atoms with Crippen LogP contribution in [-0.2, 0) is 16.0 Å². The van der Waals surface area contributed by atoms with Gasteiger partial charge < -0.3 is 9.84 Å². The van der Waals surface area contributed by atoms with Gasteiger partial charge in [-0.15, -0.1) is 0 Å². The maximum atomic E-state index is 11.6. The number of benzene rings is 1. The summed E-state index contributed by atoms with van der Waals surface area (Å²) < 4.78 is 5.77. The van der Waals surface area contributed by atoms with Gasteiger partial charge in [0.05, 0.1) is 0 Å². The number of aryl methyl sites for hydroxylation is 1. The molecule has 3 aliphatic rings. The van der Waals surface area contributed by atoms with E-state index in [-0.39, 0.29) is 17.5 Å². The largest absolute Gasteiger partial charge is 0.508 e. The van der Waals surface area contributed by atoms with Crippen LogP contribution in [0.25, 0.3) is 0 Å². The van der Waals surface area contributed by atoms with Crippen LogP contribution < -0.4 is 0 Å². The van der Waals surface area contributed by atoms with Crippen molar-refractivity contribution in [1.82, 2.24) is 0 Å². The zero-order chi connectivity index (χ0) is 16.9. The average Bonchev–Trinajstić information content (AvgIpc) is 2.92. The summed E-state index contributed by atoms with van der Waals surface area (Å²) in [5, 5.41) is 9.78. The van der Waals surface area contributed by atoms with Crippen LogP contribution in [0.1, 0.15) is 69.4 Å². The lowest BCUT2D eigenvalue weighted by Gasteiger charge is -2.51. The lowest BCUT2D eigenvalue weighted by Crippen LogP contribution is -2.46. The van der Waals surface area contributed by atoms with Gasteiger partial charge >= 0.3 is 5.97 Å². The van der Waals surface area contributed by atoms with Crippen molar-refractivity contribution in [2.45, 2.75) is 70.8 Å². The van der Waals surface area contributed by atoms with E-state index in [1.165, 1.54) is 30.4 Å². The third-order valence-electron chi connectivity index (χ3n) is 7.31. The van der Waals surface area contributed by atoms with E-state index in [2.05, 4.69) is 13.0 Å². The maximum Gasteiger partial charge on any atom is 0.302 e. The molecule has 3 aliphatic carbocycles. The molecule has 1 aromatic rings. The number of carbonyl (C=O) groups excluding carboxylic acids is 1. The Balaban J connectivity index is 1.66. The lowest BCUT2D eigenvalue weighted by atomic mass is 9.54. The molecule has 0 unspecified atom stereocenters. The number of ether oxygens (including phenoxy) is 1. The molecule has 0 aromatic heterocycles. The summed E-state index contributed by atoms with van der Waals surface area (Å²) in [7, 11) is 0. The molecule has 0 saturated heterocycles. The maximum absolute atomic E-state index is 11.6. The quantitative estimate of drug-likeness (QED) is 0.809. The monoisotopic (exact) mass is 328 g/mol. The van der Waals surface area contributed by atoms with Crippen LogP contribution in [0, 0.1) is 17.3 Å². The fourth-order valence-electron chi connectivity index (χ4n) is 6.37. The summed E-state index contributed by atoms with van der Waals surface area (Å²) in [6.45, 7) is 3.83. The normalized spacial score (nSPS) is 37.2. The van der Waals surface area contributed by atoms with Crippen molar-refractivity contribution in [3.8, 4) is 5.75 Å². The highest BCUT2D eigenvalue weighted by Crippen LogP contribution is 2.63. The Morgan fingerprint density at radius 2 is 2.12 bits per heavy atom. The molecule has 0 aliphatic heterocycles. The molecule has 0 amide bonds. The second-order valence-electron chi connectivity index (χ2n) is 8.10. The van der Waals surface area contributed by atoms with Gasteiger partial charge in [-0.3, -0.25) is 4.79 Å². The smallest absolute Gasteiger partial charge is 0.302 e. The van der Waals surface area contributed by atoms with Crippen molar-refractivity contribution in [1.29, 1.82) is 0 Å². The number of hydrogen-bond acceptors (Lipinski definition) is 3. The van der Waals surface area contributed by atoms with Crippen molar-refractivity contribution < 1.29 is 14.6 Å². The molecule has 5 atom stereocenters. The van der Waals surface area contributed by atoms with Crippen LogP contribution in [-0.4, -0.2) is 17.2 Å². The molecule has 24 heavy (non-hydrogen) atoms. The Labute approximate surface area is 144 Å². The highest BCUT2D eigenvalue weighted by molar-refractivity contribution is 5.66. The first-order valence-corrected chi connectivity index (χ1v) is 9.54. The fraction of sp³-hybridized carbons (Fsp3) is 0.667. The van der Waals surface area contributed by atoms with Crippen LogP contribution in [0.2, 0.25) is 0 Å². The van der Waals surface area contributed by atoms with Crippen molar-refractivity contribution in [2.75, 3.05) is 0 Å². The SMILES string of the molecule is CC[C@]12CC[C@@H]3c4ccc(O)cc4CC[C@H]3[C@@H]1CC[C@@H]2OC(C)=O. The van der Waals surface area contributed by atoms with Crippen LogP contribution in [0.15, 0.2) is 18.2 Å². The van der Waals surface area contributed by atoms with Gasteiger partial charge in [0.1, 0.15) is 11.9 Å². The zero-order valence-electron chi connectivity index (χ0n) is 14.8. The number of esters is 1. The average molecular weight is 328 g/mol. The molecule has 1 aromatic carbocycles. The van der Waals surface area contributed by atoms with Crippen molar-refractivity contribution in [3.05, 3.63) is 29.3 Å². The van der Waals surface area contributed by atoms with Crippen molar-refractivity contribution in [2.24, 2.45) is 17.3 Å². The summed E-state index contributed by atoms with van der Waals surface area (Å²) in [4.78, 5) is 11.6. The minimum absolute atomic E-state index is 0.118. The first-order chi connectivity index (χ1) is 11.5. The van der Waals surface area contributed by atoms with E-state index in [0.29, 0.717) is 23.5 Å². The Bertz CT molecular complexity index is 652. The molecule has 3 heteroatoms. The molecular formula is C21H28O3. The van der Waals surface area contributed by atoms with Gasteiger partial charge in [0.2, 0.25) is 0 Å². The molecule has 2 fully saturated rings. The Hall–Kier alpha value is -1.51. The van der Waals surface area contributed by atoms with Crippen LogP contribution in [0.5, 0.6) is 5.75 Å². The van der Waals surface area contributed by atoms with Gasteiger partial charge in [0, 0.05) is 12.3 Å². The van der Waals surface area contributed by atoms with Crippen LogP contribution in [0.4, 0.5) is 0 Å². The summed E-state index contributed by atoms with van der Waals surface area (Å²) in [6, 6.07) is 5.96. The first-order valence-electron chi connectivity index (χ1n) is 9.54. The number of aromatic hydroxyl groups is 1.